The molecule has 3 aliphatic rings. The molecule has 33 heavy (non-hydrogen) atoms. The smallest absolute Gasteiger partial charge is 0.326 e. The van der Waals surface area contributed by atoms with Gasteiger partial charge >= 0.3 is 5.97 Å². The van der Waals surface area contributed by atoms with Crippen LogP contribution in [-0.4, -0.2) is 46.2 Å². The van der Waals surface area contributed by atoms with E-state index >= 15 is 0 Å². The third kappa shape index (κ3) is 3.61. The van der Waals surface area contributed by atoms with Gasteiger partial charge < -0.3 is 9.30 Å². The van der Waals surface area contributed by atoms with Crippen LogP contribution < -0.4 is 0 Å². The minimum atomic E-state index is -0.747. The lowest BCUT2D eigenvalue weighted by molar-refractivity contribution is -0.152. The second-order valence-corrected chi connectivity index (χ2v) is 9.20. The second-order valence-electron chi connectivity index (χ2n) is 9.20. The van der Waals surface area contributed by atoms with Crippen molar-refractivity contribution < 1.29 is 23.9 Å². The van der Waals surface area contributed by atoms with Crippen LogP contribution in [0.2, 0.25) is 0 Å². The van der Waals surface area contributed by atoms with Gasteiger partial charge in [-0.15, -0.1) is 0 Å². The Labute approximate surface area is 192 Å². The number of hydrogen-bond donors (Lipinski definition) is 0. The molecule has 0 spiro atoms. The van der Waals surface area contributed by atoms with Gasteiger partial charge in [0.15, 0.2) is 6.61 Å². The van der Waals surface area contributed by atoms with Crippen LogP contribution >= 0.6 is 0 Å². The summed E-state index contributed by atoms with van der Waals surface area (Å²) < 4.78 is 7.22. The summed E-state index contributed by atoms with van der Waals surface area (Å²) in [6.45, 7) is 3.58. The molecule has 2 aliphatic carbocycles. The summed E-state index contributed by atoms with van der Waals surface area (Å²) in [7, 11) is 0. The van der Waals surface area contributed by atoms with Crippen molar-refractivity contribution in [3.63, 3.8) is 0 Å². The van der Waals surface area contributed by atoms with E-state index in [2.05, 4.69) is 0 Å². The summed E-state index contributed by atoms with van der Waals surface area (Å²) >= 11 is 0. The van der Waals surface area contributed by atoms with E-state index in [0.717, 1.165) is 28.3 Å². The first-order chi connectivity index (χ1) is 15.8. The summed E-state index contributed by atoms with van der Waals surface area (Å²) in [5, 5.41) is 0. The number of rotatable bonds is 7. The standard InChI is InChI=1S/C26H26N2O5/c1-15-10-20(16(2)27(15)12-17-6-4-3-5-7-17)21(29)14-33-22(30)13-28-25(31)23-18-8-9-19(11-18)24(23)26(28)32/h3-10,18-19,23-24H,11-14H2,1-2H3. The molecule has 2 aromatic rings. The summed E-state index contributed by atoms with van der Waals surface area (Å²) in [4.78, 5) is 51.6. The molecule has 1 saturated heterocycles. The highest BCUT2D eigenvalue weighted by Gasteiger charge is 2.59. The van der Waals surface area contributed by atoms with Gasteiger partial charge in [-0.3, -0.25) is 24.1 Å². The Kier molecular flexibility index (Phi) is 5.27. The topological polar surface area (TPSA) is 85.7 Å². The second kappa shape index (κ2) is 8.14. The highest BCUT2D eigenvalue weighted by Crippen LogP contribution is 2.52. The van der Waals surface area contributed by atoms with Crippen molar-refractivity contribution in [2.45, 2.75) is 26.8 Å². The van der Waals surface area contributed by atoms with Gasteiger partial charge in [-0.2, -0.15) is 0 Å². The normalized spacial score (nSPS) is 25.1. The minimum Gasteiger partial charge on any atom is -0.456 e. The maximum absolute atomic E-state index is 12.8. The van der Waals surface area contributed by atoms with Crippen LogP contribution in [0.3, 0.4) is 0 Å². The number of aryl methyl sites for hydroxylation is 1. The lowest BCUT2D eigenvalue weighted by Gasteiger charge is -2.16. The van der Waals surface area contributed by atoms with Gasteiger partial charge in [-0.25, -0.2) is 0 Å². The van der Waals surface area contributed by atoms with Crippen LogP contribution in [0.15, 0.2) is 48.6 Å². The number of imide groups is 1. The fourth-order valence-electron chi connectivity index (χ4n) is 5.61. The van der Waals surface area contributed by atoms with Crippen LogP contribution in [0.25, 0.3) is 0 Å². The third-order valence-electron chi connectivity index (χ3n) is 7.27. The van der Waals surface area contributed by atoms with Gasteiger partial charge in [-0.1, -0.05) is 42.5 Å². The maximum Gasteiger partial charge on any atom is 0.326 e. The van der Waals surface area contributed by atoms with E-state index in [1.807, 2.05) is 60.9 Å². The Morgan fingerprint density at radius 1 is 1.00 bits per heavy atom. The predicted octanol–water partition coefficient (Wildman–Crippen LogP) is 2.69. The van der Waals surface area contributed by atoms with Crippen molar-refractivity contribution >= 4 is 23.6 Å². The van der Waals surface area contributed by atoms with Crippen LogP contribution in [0.4, 0.5) is 0 Å². The predicted molar refractivity (Wildman–Crippen MR) is 119 cm³/mol. The van der Waals surface area contributed by atoms with E-state index < -0.39 is 19.1 Å². The molecule has 4 atom stereocenters. The molecule has 4 unspecified atom stereocenters. The highest BCUT2D eigenvalue weighted by molar-refractivity contribution is 6.08. The van der Waals surface area contributed by atoms with E-state index in [1.54, 1.807) is 6.07 Å². The van der Waals surface area contributed by atoms with Crippen molar-refractivity contribution in [3.05, 3.63) is 71.1 Å². The Bertz CT molecular complexity index is 1150. The van der Waals surface area contributed by atoms with Gasteiger partial charge in [0.2, 0.25) is 17.6 Å². The molecule has 5 rings (SSSR count). The summed E-state index contributed by atoms with van der Waals surface area (Å²) in [6, 6.07) is 11.8. The molecule has 0 N–H and O–H groups in total. The van der Waals surface area contributed by atoms with Crippen molar-refractivity contribution in [1.82, 2.24) is 9.47 Å². The maximum atomic E-state index is 12.8. The number of hydrogen-bond acceptors (Lipinski definition) is 5. The number of carbonyl (C=O) groups is 4. The minimum absolute atomic E-state index is 0.0881. The summed E-state index contributed by atoms with van der Waals surface area (Å²) in [5.41, 5.74) is 3.37. The Hall–Kier alpha value is -3.48. The molecule has 7 nitrogen and oxygen atoms in total. The van der Waals surface area contributed by atoms with Gasteiger partial charge in [0.25, 0.3) is 0 Å². The van der Waals surface area contributed by atoms with Gasteiger partial charge in [0, 0.05) is 23.5 Å². The number of allylic oxidation sites excluding steroid dienone is 2. The fraction of sp³-hybridized carbons (Fsp3) is 0.385. The third-order valence-corrected chi connectivity index (χ3v) is 7.27. The SMILES string of the molecule is Cc1cc(C(=O)COC(=O)CN2C(=O)C3C4C=CC(C4)C3C2=O)c(C)n1Cc1ccccc1. The molecule has 2 heterocycles. The Balaban J connectivity index is 1.20. The number of benzene rings is 1. The van der Waals surface area contributed by atoms with Crippen LogP contribution in [0, 0.1) is 37.5 Å². The summed E-state index contributed by atoms with van der Waals surface area (Å²) in [5.74, 6) is -2.18. The first-order valence-electron chi connectivity index (χ1n) is 11.3. The molecule has 2 amide bonds. The molecule has 170 valence electrons. The Morgan fingerprint density at radius 2 is 1.64 bits per heavy atom. The van der Waals surface area contributed by atoms with E-state index in [0.29, 0.717) is 12.1 Å². The molecule has 2 bridgehead atoms. The van der Waals surface area contributed by atoms with Gasteiger partial charge in [-0.05, 0) is 43.7 Å². The van der Waals surface area contributed by atoms with Crippen molar-refractivity contribution in [2.75, 3.05) is 13.2 Å². The zero-order chi connectivity index (χ0) is 23.3. The average molecular weight is 447 g/mol. The average Bonchev–Trinajstić information content (AvgIpc) is 3.55. The monoisotopic (exact) mass is 446 g/mol. The largest absolute Gasteiger partial charge is 0.456 e. The molecule has 1 aromatic heterocycles. The van der Waals surface area contributed by atoms with Crippen molar-refractivity contribution in [1.29, 1.82) is 0 Å². The zero-order valence-electron chi connectivity index (χ0n) is 18.7. The number of likely N-dealkylation sites (tertiary alicyclic amines) is 1. The Morgan fingerprint density at radius 3 is 2.27 bits per heavy atom. The molecule has 7 heteroatoms. The quantitative estimate of drug-likeness (QED) is 0.283. The molecular formula is C26H26N2O5. The highest BCUT2D eigenvalue weighted by atomic mass is 16.5. The number of ether oxygens (including phenoxy) is 1. The zero-order valence-corrected chi connectivity index (χ0v) is 18.7. The first kappa shape index (κ1) is 21.4. The number of ketones is 1. The molecule has 1 saturated carbocycles. The first-order valence-corrected chi connectivity index (χ1v) is 11.3. The molecule has 1 aromatic carbocycles. The number of fused-ring (bicyclic) bond motifs is 5. The number of esters is 1. The summed E-state index contributed by atoms with van der Waals surface area (Å²) in [6.07, 6.45) is 4.85. The molecule has 0 radical (unpaired) electrons. The van der Waals surface area contributed by atoms with Crippen molar-refractivity contribution in [2.24, 2.45) is 23.7 Å². The lowest BCUT2D eigenvalue weighted by Crippen LogP contribution is -2.38. The number of carbonyl (C=O) groups excluding carboxylic acids is 4. The van der Waals surface area contributed by atoms with Gasteiger partial charge in [0.1, 0.15) is 6.54 Å². The van der Waals surface area contributed by atoms with Crippen LogP contribution in [0.5, 0.6) is 0 Å². The van der Waals surface area contributed by atoms with Crippen molar-refractivity contribution in [3.8, 4) is 0 Å². The van der Waals surface area contributed by atoms with Crippen LogP contribution in [0.1, 0.15) is 33.7 Å². The van der Waals surface area contributed by atoms with Gasteiger partial charge in [0.05, 0.1) is 11.8 Å². The lowest BCUT2D eigenvalue weighted by atomic mass is 9.85. The van der Waals surface area contributed by atoms with E-state index in [1.165, 1.54) is 0 Å². The number of aromatic nitrogens is 1. The van der Waals surface area contributed by atoms with E-state index in [9.17, 15) is 19.2 Å². The van der Waals surface area contributed by atoms with Crippen LogP contribution in [-0.2, 0) is 25.7 Å². The van der Waals surface area contributed by atoms with E-state index in [-0.39, 0.29) is 41.3 Å². The van der Waals surface area contributed by atoms with E-state index in [4.69, 9.17) is 4.74 Å². The molecule has 2 fully saturated rings. The number of amides is 2. The fourth-order valence-corrected chi connectivity index (χ4v) is 5.61. The number of nitrogens with zero attached hydrogens (tertiary/aromatic N) is 2. The number of Topliss-reactive ketones (excluding diaryl/α,β-unsaturated/α-hetero) is 1. The molecular weight excluding hydrogens is 420 g/mol. The molecule has 1 aliphatic heterocycles.